The first-order valence-corrected chi connectivity index (χ1v) is 7.36. The van der Waals surface area contributed by atoms with Gasteiger partial charge in [0, 0.05) is 10.5 Å². The summed E-state index contributed by atoms with van der Waals surface area (Å²) in [5, 5.41) is 0. The van der Waals surface area contributed by atoms with E-state index in [9.17, 15) is 4.79 Å². The highest BCUT2D eigenvalue weighted by Crippen LogP contribution is 2.28. The fraction of sp³-hybridized carbons (Fsp3) is 0.118. The first-order valence-electron chi connectivity index (χ1n) is 6.13. The molecule has 19 heavy (non-hydrogen) atoms. The molecule has 0 saturated carbocycles. The zero-order valence-corrected chi connectivity index (χ0v) is 11.9. The van der Waals surface area contributed by atoms with Gasteiger partial charge in [0.25, 0.3) is 0 Å². The minimum atomic E-state index is 0.0976. The number of carbonyl (C=O) groups is 1. The SMILES string of the molecule is CS/C(=C/c1ccccc1C(C)=O)c1ccccc1. The normalized spacial score (nSPS) is 11.4. The molecule has 0 aliphatic rings. The molecule has 0 aliphatic heterocycles. The van der Waals surface area contributed by atoms with Crippen LogP contribution < -0.4 is 0 Å². The van der Waals surface area contributed by atoms with Crippen LogP contribution in [0.25, 0.3) is 11.0 Å². The molecule has 0 atom stereocenters. The predicted octanol–water partition coefficient (Wildman–Crippen LogP) is 4.75. The summed E-state index contributed by atoms with van der Waals surface area (Å²) >= 11 is 1.69. The topological polar surface area (TPSA) is 17.1 Å². The number of hydrogen-bond acceptors (Lipinski definition) is 2. The van der Waals surface area contributed by atoms with Crippen molar-refractivity contribution in [3.63, 3.8) is 0 Å². The number of rotatable bonds is 4. The molecule has 2 aromatic carbocycles. The van der Waals surface area contributed by atoms with Crippen molar-refractivity contribution in [2.24, 2.45) is 0 Å². The maximum Gasteiger partial charge on any atom is 0.160 e. The molecule has 0 amide bonds. The van der Waals surface area contributed by atoms with Gasteiger partial charge in [0.15, 0.2) is 5.78 Å². The standard InChI is InChI=1S/C17H16OS/c1-13(18)16-11-7-6-10-15(16)12-17(19-2)14-8-4-3-5-9-14/h3-12H,1-2H3/b17-12+. The molecular formula is C17H16OS. The van der Waals surface area contributed by atoms with Gasteiger partial charge < -0.3 is 0 Å². The fourth-order valence-electron chi connectivity index (χ4n) is 1.95. The highest BCUT2D eigenvalue weighted by Gasteiger charge is 2.06. The van der Waals surface area contributed by atoms with E-state index in [0.29, 0.717) is 0 Å². The molecule has 2 rings (SSSR count). The second kappa shape index (κ2) is 6.39. The summed E-state index contributed by atoms with van der Waals surface area (Å²) in [5.41, 5.74) is 2.92. The predicted molar refractivity (Wildman–Crippen MR) is 84.3 cm³/mol. The summed E-state index contributed by atoms with van der Waals surface area (Å²) in [4.78, 5) is 12.8. The van der Waals surface area contributed by atoms with Crippen molar-refractivity contribution in [3.8, 4) is 0 Å². The first kappa shape index (κ1) is 13.6. The van der Waals surface area contributed by atoms with E-state index in [0.717, 1.165) is 16.0 Å². The summed E-state index contributed by atoms with van der Waals surface area (Å²) in [7, 11) is 0. The number of Topliss-reactive ketones (excluding diaryl/α,β-unsaturated/α-hetero) is 1. The van der Waals surface area contributed by atoms with Gasteiger partial charge in [-0.3, -0.25) is 4.79 Å². The number of carbonyl (C=O) groups excluding carboxylic acids is 1. The Labute approximate surface area is 118 Å². The number of hydrogen-bond donors (Lipinski definition) is 0. The van der Waals surface area contributed by atoms with Crippen molar-refractivity contribution in [1.82, 2.24) is 0 Å². The molecule has 2 heteroatoms. The number of thioether (sulfide) groups is 1. The fourth-order valence-corrected chi connectivity index (χ4v) is 2.56. The highest BCUT2D eigenvalue weighted by molar-refractivity contribution is 8.07. The maximum atomic E-state index is 11.6. The van der Waals surface area contributed by atoms with E-state index < -0.39 is 0 Å². The molecule has 0 spiro atoms. The Bertz CT molecular complexity index is 600. The Hall–Kier alpha value is -1.80. The van der Waals surface area contributed by atoms with E-state index in [4.69, 9.17) is 0 Å². The molecule has 0 aromatic heterocycles. The second-order valence-electron chi connectivity index (χ2n) is 4.22. The highest BCUT2D eigenvalue weighted by atomic mass is 32.2. The largest absolute Gasteiger partial charge is 0.294 e. The van der Waals surface area contributed by atoms with Gasteiger partial charge in [-0.15, -0.1) is 11.8 Å². The molecule has 0 unspecified atom stereocenters. The van der Waals surface area contributed by atoms with Crippen LogP contribution in [0, 0.1) is 0 Å². The maximum absolute atomic E-state index is 11.6. The minimum absolute atomic E-state index is 0.0976. The van der Waals surface area contributed by atoms with E-state index in [1.165, 1.54) is 5.56 Å². The Morgan fingerprint density at radius 1 is 1.00 bits per heavy atom. The van der Waals surface area contributed by atoms with Gasteiger partial charge in [0.1, 0.15) is 0 Å². The number of benzene rings is 2. The Kier molecular flexibility index (Phi) is 4.58. The summed E-state index contributed by atoms with van der Waals surface area (Å²) in [6, 6.07) is 17.9. The van der Waals surface area contributed by atoms with Gasteiger partial charge in [0.05, 0.1) is 0 Å². The van der Waals surface area contributed by atoms with Crippen LogP contribution in [0.1, 0.15) is 28.4 Å². The molecule has 0 fully saturated rings. The van der Waals surface area contributed by atoms with E-state index in [2.05, 4.69) is 24.5 Å². The Balaban J connectivity index is 2.47. The van der Waals surface area contributed by atoms with Crippen molar-refractivity contribution < 1.29 is 4.79 Å². The van der Waals surface area contributed by atoms with Gasteiger partial charge in [0.2, 0.25) is 0 Å². The van der Waals surface area contributed by atoms with Crippen molar-refractivity contribution >= 4 is 28.5 Å². The van der Waals surface area contributed by atoms with Gasteiger partial charge in [-0.05, 0) is 30.4 Å². The van der Waals surface area contributed by atoms with Crippen LogP contribution in [0.4, 0.5) is 0 Å². The summed E-state index contributed by atoms with van der Waals surface area (Å²) in [5.74, 6) is 0.0976. The average Bonchev–Trinajstić information content (AvgIpc) is 2.46. The molecule has 0 heterocycles. The van der Waals surface area contributed by atoms with Crippen LogP contribution in [0.3, 0.4) is 0 Å². The smallest absolute Gasteiger partial charge is 0.160 e. The van der Waals surface area contributed by atoms with Crippen LogP contribution in [0.15, 0.2) is 54.6 Å². The lowest BCUT2D eigenvalue weighted by Gasteiger charge is -2.07. The summed E-state index contributed by atoms with van der Waals surface area (Å²) < 4.78 is 0. The van der Waals surface area contributed by atoms with E-state index in [1.807, 2.05) is 42.5 Å². The van der Waals surface area contributed by atoms with Gasteiger partial charge in [-0.25, -0.2) is 0 Å². The van der Waals surface area contributed by atoms with Crippen LogP contribution >= 0.6 is 11.8 Å². The molecule has 96 valence electrons. The molecule has 0 N–H and O–H groups in total. The third-order valence-corrected chi connectivity index (χ3v) is 3.70. The van der Waals surface area contributed by atoms with Gasteiger partial charge in [-0.2, -0.15) is 0 Å². The third-order valence-electron chi connectivity index (χ3n) is 2.90. The molecule has 1 nitrogen and oxygen atoms in total. The van der Waals surface area contributed by atoms with Crippen molar-refractivity contribution in [2.45, 2.75) is 6.92 Å². The molecule has 0 bridgehead atoms. The van der Waals surface area contributed by atoms with Crippen LogP contribution in [-0.4, -0.2) is 12.0 Å². The lowest BCUT2D eigenvalue weighted by Crippen LogP contribution is -1.95. The monoisotopic (exact) mass is 268 g/mol. The lowest BCUT2D eigenvalue weighted by molar-refractivity contribution is 0.101. The van der Waals surface area contributed by atoms with Crippen molar-refractivity contribution in [1.29, 1.82) is 0 Å². The Morgan fingerprint density at radius 2 is 1.63 bits per heavy atom. The quantitative estimate of drug-likeness (QED) is 0.588. The lowest BCUT2D eigenvalue weighted by atomic mass is 10.0. The summed E-state index contributed by atoms with van der Waals surface area (Å²) in [6.45, 7) is 1.61. The molecule has 2 aromatic rings. The molecule has 0 aliphatic carbocycles. The second-order valence-corrected chi connectivity index (χ2v) is 5.07. The number of ketones is 1. The first-order chi connectivity index (χ1) is 9.22. The van der Waals surface area contributed by atoms with Gasteiger partial charge >= 0.3 is 0 Å². The van der Waals surface area contributed by atoms with E-state index in [1.54, 1.807) is 18.7 Å². The van der Waals surface area contributed by atoms with Crippen LogP contribution in [-0.2, 0) is 0 Å². The molecular weight excluding hydrogens is 252 g/mol. The van der Waals surface area contributed by atoms with Crippen LogP contribution in [0.5, 0.6) is 0 Å². The third kappa shape index (κ3) is 3.36. The van der Waals surface area contributed by atoms with Crippen molar-refractivity contribution in [2.75, 3.05) is 6.26 Å². The summed E-state index contributed by atoms with van der Waals surface area (Å²) in [6.07, 6.45) is 4.13. The van der Waals surface area contributed by atoms with Crippen LogP contribution in [0.2, 0.25) is 0 Å². The van der Waals surface area contributed by atoms with Crippen molar-refractivity contribution in [3.05, 3.63) is 71.3 Å². The Morgan fingerprint density at radius 3 is 2.26 bits per heavy atom. The molecule has 0 radical (unpaired) electrons. The minimum Gasteiger partial charge on any atom is -0.294 e. The zero-order chi connectivity index (χ0) is 13.7. The average molecular weight is 268 g/mol. The van der Waals surface area contributed by atoms with E-state index in [-0.39, 0.29) is 5.78 Å². The van der Waals surface area contributed by atoms with Gasteiger partial charge in [-0.1, -0.05) is 54.6 Å². The van der Waals surface area contributed by atoms with E-state index >= 15 is 0 Å². The zero-order valence-electron chi connectivity index (χ0n) is 11.1. The molecule has 0 saturated heterocycles.